The van der Waals surface area contributed by atoms with Gasteiger partial charge in [0.25, 0.3) is 0 Å². The largest absolute Gasteiger partial charge is 0.385 e. The molecular formula is C12H21N3O. The lowest BCUT2D eigenvalue weighted by molar-refractivity contribution is 0.0777. The molecule has 1 aromatic rings. The van der Waals surface area contributed by atoms with E-state index in [1.54, 1.807) is 6.20 Å². The standard InChI is InChI=1S/C12H21N3O/c1-2-8-15-9-7-14-12(15)11(16)10-3-5-13-6-4-10/h7,9-11,13,16H,2-6,8H2,1H3. The van der Waals surface area contributed by atoms with Crippen molar-refractivity contribution in [3.63, 3.8) is 0 Å². The van der Waals surface area contributed by atoms with Crippen LogP contribution in [0.5, 0.6) is 0 Å². The fourth-order valence-electron chi connectivity index (χ4n) is 2.39. The predicted molar refractivity (Wildman–Crippen MR) is 63.1 cm³/mol. The Hall–Kier alpha value is -0.870. The van der Waals surface area contributed by atoms with Gasteiger partial charge >= 0.3 is 0 Å². The van der Waals surface area contributed by atoms with Gasteiger partial charge in [0.05, 0.1) is 0 Å². The first-order valence-corrected chi connectivity index (χ1v) is 6.22. The van der Waals surface area contributed by atoms with Gasteiger partial charge in [0, 0.05) is 18.9 Å². The molecule has 2 rings (SSSR count). The molecule has 0 spiro atoms. The van der Waals surface area contributed by atoms with Crippen LogP contribution < -0.4 is 5.32 Å². The van der Waals surface area contributed by atoms with Crippen molar-refractivity contribution in [1.82, 2.24) is 14.9 Å². The highest BCUT2D eigenvalue weighted by molar-refractivity contribution is 4.99. The normalized spacial score (nSPS) is 19.9. The van der Waals surface area contributed by atoms with Crippen molar-refractivity contribution in [2.45, 2.75) is 38.8 Å². The Morgan fingerprint density at radius 1 is 1.56 bits per heavy atom. The van der Waals surface area contributed by atoms with Crippen molar-refractivity contribution >= 4 is 0 Å². The second-order valence-electron chi connectivity index (χ2n) is 4.51. The van der Waals surface area contributed by atoms with E-state index < -0.39 is 6.10 Å². The molecule has 0 saturated carbocycles. The van der Waals surface area contributed by atoms with Gasteiger partial charge in [-0.3, -0.25) is 0 Å². The van der Waals surface area contributed by atoms with Crippen LogP contribution in [-0.4, -0.2) is 27.7 Å². The molecular weight excluding hydrogens is 202 g/mol. The van der Waals surface area contributed by atoms with Crippen molar-refractivity contribution in [2.24, 2.45) is 5.92 Å². The second-order valence-corrected chi connectivity index (χ2v) is 4.51. The van der Waals surface area contributed by atoms with Crippen LogP contribution in [-0.2, 0) is 6.54 Å². The molecule has 1 aliphatic heterocycles. The fraction of sp³-hybridized carbons (Fsp3) is 0.750. The Morgan fingerprint density at radius 3 is 3.00 bits per heavy atom. The third-order valence-electron chi connectivity index (χ3n) is 3.31. The molecule has 4 heteroatoms. The molecule has 90 valence electrons. The molecule has 0 aromatic carbocycles. The maximum Gasteiger partial charge on any atom is 0.137 e. The Bertz CT molecular complexity index is 318. The maximum atomic E-state index is 10.3. The molecule has 16 heavy (non-hydrogen) atoms. The molecule has 1 unspecified atom stereocenters. The quantitative estimate of drug-likeness (QED) is 0.809. The minimum absolute atomic E-state index is 0.360. The third kappa shape index (κ3) is 2.44. The summed E-state index contributed by atoms with van der Waals surface area (Å²) in [5.74, 6) is 1.20. The summed E-state index contributed by atoms with van der Waals surface area (Å²) in [5, 5.41) is 13.6. The average Bonchev–Trinajstić information content (AvgIpc) is 2.78. The molecule has 1 atom stereocenters. The van der Waals surface area contributed by atoms with E-state index in [4.69, 9.17) is 0 Å². The van der Waals surface area contributed by atoms with Gasteiger partial charge in [0.1, 0.15) is 11.9 Å². The number of imidazole rings is 1. The number of hydrogen-bond donors (Lipinski definition) is 2. The zero-order chi connectivity index (χ0) is 11.4. The van der Waals surface area contributed by atoms with Crippen LogP contribution in [0, 0.1) is 5.92 Å². The van der Waals surface area contributed by atoms with Gasteiger partial charge in [0.15, 0.2) is 0 Å². The lowest BCUT2D eigenvalue weighted by Crippen LogP contribution is -2.31. The van der Waals surface area contributed by atoms with Gasteiger partial charge in [-0.15, -0.1) is 0 Å². The zero-order valence-corrected chi connectivity index (χ0v) is 9.89. The predicted octanol–water partition coefficient (Wildman–Crippen LogP) is 1.33. The molecule has 0 aliphatic carbocycles. The van der Waals surface area contributed by atoms with Gasteiger partial charge in [-0.25, -0.2) is 4.98 Å². The summed E-state index contributed by atoms with van der Waals surface area (Å²) >= 11 is 0. The third-order valence-corrected chi connectivity index (χ3v) is 3.31. The Kier molecular flexibility index (Phi) is 3.96. The maximum absolute atomic E-state index is 10.3. The van der Waals surface area contributed by atoms with Crippen LogP contribution in [0.4, 0.5) is 0 Å². The van der Waals surface area contributed by atoms with Gasteiger partial charge in [-0.05, 0) is 38.3 Å². The molecule has 4 nitrogen and oxygen atoms in total. The highest BCUT2D eigenvalue weighted by atomic mass is 16.3. The van der Waals surface area contributed by atoms with E-state index in [0.29, 0.717) is 5.92 Å². The van der Waals surface area contributed by atoms with Crippen LogP contribution in [0.3, 0.4) is 0 Å². The number of nitrogens with zero attached hydrogens (tertiary/aromatic N) is 2. The molecule has 1 aromatic heterocycles. The summed E-state index contributed by atoms with van der Waals surface area (Å²) in [7, 11) is 0. The summed E-state index contributed by atoms with van der Waals surface area (Å²) in [6.07, 6.45) is 6.50. The Balaban J connectivity index is 2.06. The van der Waals surface area contributed by atoms with Crippen molar-refractivity contribution in [1.29, 1.82) is 0 Å². The van der Waals surface area contributed by atoms with E-state index >= 15 is 0 Å². The summed E-state index contributed by atoms with van der Waals surface area (Å²) in [6, 6.07) is 0. The van der Waals surface area contributed by atoms with E-state index in [-0.39, 0.29) is 0 Å². The van der Waals surface area contributed by atoms with E-state index in [2.05, 4.69) is 21.8 Å². The fourth-order valence-corrected chi connectivity index (χ4v) is 2.39. The van der Waals surface area contributed by atoms with Gasteiger partial charge < -0.3 is 15.0 Å². The van der Waals surface area contributed by atoms with Crippen LogP contribution >= 0.6 is 0 Å². The first-order valence-electron chi connectivity index (χ1n) is 6.22. The first-order chi connectivity index (χ1) is 7.83. The summed E-state index contributed by atoms with van der Waals surface area (Å²) in [5.41, 5.74) is 0. The minimum Gasteiger partial charge on any atom is -0.385 e. The van der Waals surface area contributed by atoms with Gasteiger partial charge in [-0.1, -0.05) is 6.92 Å². The molecule has 0 amide bonds. The first kappa shape index (κ1) is 11.6. The number of aryl methyl sites for hydroxylation is 1. The van der Waals surface area contributed by atoms with E-state index in [0.717, 1.165) is 44.7 Å². The van der Waals surface area contributed by atoms with Crippen LogP contribution in [0.1, 0.15) is 38.1 Å². The lowest BCUT2D eigenvalue weighted by atomic mass is 9.92. The molecule has 1 fully saturated rings. The summed E-state index contributed by atoms with van der Waals surface area (Å²) in [6.45, 7) is 5.10. The average molecular weight is 223 g/mol. The minimum atomic E-state index is -0.399. The number of hydrogen-bond acceptors (Lipinski definition) is 3. The molecule has 0 radical (unpaired) electrons. The topological polar surface area (TPSA) is 50.1 Å². The van der Waals surface area contributed by atoms with Crippen molar-refractivity contribution in [2.75, 3.05) is 13.1 Å². The monoisotopic (exact) mass is 223 g/mol. The van der Waals surface area contributed by atoms with Crippen LogP contribution in [0.25, 0.3) is 0 Å². The number of nitrogens with one attached hydrogen (secondary N) is 1. The Morgan fingerprint density at radius 2 is 2.31 bits per heavy atom. The molecule has 1 saturated heterocycles. The smallest absolute Gasteiger partial charge is 0.137 e. The highest BCUT2D eigenvalue weighted by Gasteiger charge is 2.25. The number of aliphatic hydroxyl groups is 1. The summed E-state index contributed by atoms with van der Waals surface area (Å²) in [4.78, 5) is 4.30. The van der Waals surface area contributed by atoms with Gasteiger partial charge in [0.2, 0.25) is 0 Å². The van der Waals surface area contributed by atoms with Gasteiger partial charge in [-0.2, -0.15) is 0 Å². The van der Waals surface area contributed by atoms with Crippen LogP contribution in [0.2, 0.25) is 0 Å². The number of aromatic nitrogens is 2. The zero-order valence-electron chi connectivity index (χ0n) is 9.89. The molecule has 2 N–H and O–H groups in total. The molecule has 1 aliphatic rings. The van der Waals surface area contributed by atoms with Crippen molar-refractivity contribution < 1.29 is 5.11 Å². The number of rotatable bonds is 4. The number of aliphatic hydroxyl groups excluding tert-OH is 1. The van der Waals surface area contributed by atoms with E-state index in [9.17, 15) is 5.11 Å². The van der Waals surface area contributed by atoms with Crippen molar-refractivity contribution in [3.8, 4) is 0 Å². The highest BCUT2D eigenvalue weighted by Crippen LogP contribution is 2.27. The molecule has 0 bridgehead atoms. The SMILES string of the molecule is CCCn1ccnc1C(O)C1CCNCC1. The van der Waals surface area contributed by atoms with Crippen molar-refractivity contribution in [3.05, 3.63) is 18.2 Å². The Labute approximate surface area is 96.7 Å². The second kappa shape index (κ2) is 5.46. The molecule has 2 heterocycles. The van der Waals surface area contributed by atoms with Crippen LogP contribution in [0.15, 0.2) is 12.4 Å². The number of piperidine rings is 1. The lowest BCUT2D eigenvalue weighted by Gasteiger charge is -2.27. The van der Waals surface area contributed by atoms with E-state index in [1.165, 1.54) is 0 Å². The van der Waals surface area contributed by atoms with E-state index in [1.807, 2.05) is 6.20 Å². The summed E-state index contributed by atoms with van der Waals surface area (Å²) < 4.78 is 2.08.